The second kappa shape index (κ2) is 8.81. The first-order valence-corrected chi connectivity index (χ1v) is 10.6. The number of amides is 1. The van der Waals surface area contributed by atoms with E-state index in [4.69, 9.17) is 5.11 Å². The average molecular weight is 406 g/mol. The van der Waals surface area contributed by atoms with Crippen molar-refractivity contribution in [3.8, 4) is 0 Å². The Kier molecular flexibility index (Phi) is 6.43. The molecule has 1 fully saturated rings. The Morgan fingerprint density at radius 1 is 1.14 bits per heavy atom. The van der Waals surface area contributed by atoms with E-state index in [0.717, 1.165) is 0 Å². The quantitative estimate of drug-likeness (QED) is 0.772. The van der Waals surface area contributed by atoms with E-state index in [1.165, 1.54) is 52.8 Å². The Labute approximate surface area is 164 Å². The molecule has 0 aliphatic carbocycles. The van der Waals surface area contributed by atoms with Crippen LogP contribution in [-0.4, -0.2) is 43.4 Å². The number of rotatable bonds is 6. The van der Waals surface area contributed by atoms with Gasteiger partial charge in [0.25, 0.3) is 5.91 Å². The fraction of sp³-hybridized carbons (Fsp3) is 0.350. The molecule has 0 saturated carbocycles. The first-order valence-electron chi connectivity index (χ1n) is 9.18. The molecular weight excluding hydrogens is 383 g/mol. The fourth-order valence-electron chi connectivity index (χ4n) is 3.30. The molecule has 1 aliphatic rings. The van der Waals surface area contributed by atoms with E-state index >= 15 is 0 Å². The van der Waals surface area contributed by atoms with Crippen LogP contribution in [0.3, 0.4) is 0 Å². The smallest absolute Gasteiger partial charge is 0.255 e. The van der Waals surface area contributed by atoms with E-state index in [0.29, 0.717) is 44.0 Å². The zero-order valence-corrected chi connectivity index (χ0v) is 16.2. The zero-order chi connectivity index (χ0) is 20.1. The number of nitrogens with one attached hydrogen (secondary N) is 1. The van der Waals surface area contributed by atoms with Crippen LogP contribution in [0.2, 0.25) is 0 Å². The first kappa shape index (κ1) is 20.4. The molecule has 3 rings (SSSR count). The van der Waals surface area contributed by atoms with E-state index in [1.807, 2.05) is 0 Å². The molecule has 2 aromatic rings. The lowest BCUT2D eigenvalue weighted by atomic mass is 9.95. The van der Waals surface area contributed by atoms with Gasteiger partial charge in [-0.1, -0.05) is 6.07 Å². The number of halogens is 1. The topological polar surface area (TPSA) is 86.7 Å². The Morgan fingerprint density at radius 3 is 2.46 bits per heavy atom. The molecule has 0 unspecified atom stereocenters. The molecule has 2 N–H and O–H groups in total. The summed E-state index contributed by atoms with van der Waals surface area (Å²) in [5.41, 5.74) is 0.631. The zero-order valence-electron chi connectivity index (χ0n) is 15.3. The molecule has 150 valence electrons. The summed E-state index contributed by atoms with van der Waals surface area (Å²) < 4.78 is 40.3. The van der Waals surface area contributed by atoms with Crippen LogP contribution in [0.25, 0.3) is 0 Å². The molecule has 6 nitrogen and oxygen atoms in total. The van der Waals surface area contributed by atoms with Gasteiger partial charge in [0.1, 0.15) is 5.82 Å². The van der Waals surface area contributed by atoms with E-state index in [2.05, 4.69) is 5.32 Å². The first-order chi connectivity index (χ1) is 13.4. The maximum atomic E-state index is 13.0. The average Bonchev–Trinajstić information content (AvgIpc) is 2.70. The van der Waals surface area contributed by atoms with Gasteiger partial charge in [-0.3, -0.25) is 4.79 Å². The third-order valence-electron chi connectivity index (χ3n) is 4.95. The normalized spacial score (nSPS) is 16.1. The van der Waals surface area contributed by atoms with Crippen LogP contribution in [-0.2, 0) is 10.0 Å². The van der Waals surface area contributed by atoms with Gasteiger partial charge < -0.3 is 10.4 Å². The number of hydrogen-bond donors (Lipinski definition) is 2. The minimum absolute atomic E-state index is 0.0693. The Balaban J connectivity index is 1.73. The molecule has 1 saturated heterocycles. The summed E-state index contributed by atoms with van der Waals surface area (Å²) >= 11 is 0. The molecule has 1 aliphatic heterocycles. The van der Waals surface area contributed by atoms with Crippen LogP contribution < -0.4 is 5.32 Å². The van der Waals surface area contributed by atoms with Gasteiger partial charge in [0.2, 0.25) is 10.0 Å². The molecule has 8 heteroatoms. The number of nitrogens with zero attached hydrogens (tertiary/aromatic N) is 1. The largest absolute Gasteiger partial charge is 0.396 e. The van der Waals surface area contributed by atoms with Crippen molar-refractivity contribution in [2.24, 2.45) is 5.92 Å². The predicted octanol–water partition coefficient (Wildman–Crippen LogP) is 2.86. The predicted molar refractivity (Wildman–Crippen MR) is 104 cm³/mol. The third kappa shape index (κ3) is 4.76. The van der Waals surface area contributed by atoms with Crippen LogP contribution in [0.5, 0.6) is 0 Å². The Morgan fingerprint density at radius 2 is 1.82 bits per heavy atom. The summed E-state index contributed by atoms with van der Waals surface area (Å²) in [6.07, 6.45) is 2.11. The van der Waals surface area contributed by atoms with E-state index < -0.39 is 21.7 Å². The second-order valence-corrected chi connectivity index (χ2v) is 8.79. The standard InChI is InChI=1S/C20H23FN2O4S/c21-17-4-6-18(7-5-17)22-20(25)16-2-1-3-19(14-16)28(26,27)23-11-8-15(9-12-23)10-13-24/h1-7,14-15,24H,8-13H2,(H,22,25). The molecule has 0 aromatic heterocycles. The lowest BCUT2D eigenvalue weighted by molar-refractivity contribution is 0.102. The van der Waals surface area contributed by atoms with Crippen molar-refractivity contribution in [2.45, 2.75) is 24.2 Å². The van der Waals surface area contributed by atoms with Crippen molar-refractivity contribution < 1.29 is 22.7 Å². The summed E-state index contributed by atoms with van der Waals surface area (Å²) in [4.78, 5) is 12.5. The van der Waals surface area contributed by atoms with Crippen LogP contribution in [0, 0.1) is 11.7 Å². The maximum Gasteiger partial charge on any atom is 0.255 e. The molecule has 2 aromatic carbocycles. The van der Waals surface area contributed by atoms with Gasteiger partial charge in [0.15, 0.2) is 0 Å². The van der Waals surface area contributed by atoms with E-state index in [1.54, 1.807) is 0 Å². The Bertz CT molecular complexity index is 923. The molecule has 28 heavy (non-hydrogen) atoms. The number of aliphatic hydroxyl groups excluding tert-OH is 1. The summed E-state index contributed by atoms with van der Waals surface area (Å²) in [5, 5.41) is 11.7. The highest BCUT2D eigenvalue weighted by Gasteiger charge is 2.29. The van der Waals surface area contributed by atoms with Crippen LogP contribution in [0.1, 0.15) is 29.6 Å². The van der Waals surface area contributed by atoms with Crippen LogP contribution >= 0.6 is 0 Å². The minimum atomic E-state index is -3.69. The number of hydrogen-bond acceptors (Lipinski definition) is 4. The van der Waals surface area contributed by atoms with Gasteiger partial charge in [-0.05, 0) is 67.6 Å². The summed E-state index contributed by atoms with van der Waals surface area (Å²) in [5.74, 6) is -0.538. The monoisotopic (exact) mass is 406 g/mol. The molecule has 0 radical (unpaired) electrons. The molecule has 0 spiro atoms. The summed E-state index contributed by atoms with van der Waals surface area (Å²) in [7, 11) is -3.69. The van der Waals surface area contributed by atoms with Crippen molar-refractivity contribution in [1.82, 2.24) is 4.31 Å². The number of sulfonamides is 1. The number of carbonyl (C=O) groups is 1. The molecule has 1 amide bonds. The van der Waals surface area contributed by atoms with Crippen LogP contribution in [0.4, 0.5) is 10.1 Å². The molecule has 0 atom stereocenters. The maximum absolute atomic E-state index is 13.0. The summed E-state index contributed by atoms with van der Waals surface area (Å²) in [6, 6.07) is 11.2. The molecule has 1 heterocycles. The highest BCUT2D eigenvalue weighted by molar-refractivity contribution is 7.89. The third-order valence-corrected chi connectivity index (χ3v) is 6.84. The number of aliphatic hydroxyl groups is 1. The van der Waals surface area contributed by atoms with Crippen LogP contribution in [0.15, 0.2) is 53.4 Å². The number of piperidine rings is 1. The van der Waals surface area contributed by atoms with Crippen molar-refractivity contribution in [1.29, 1.82) is 0 Å². The van der Waals surface area contributed by atoms with Gasteiger partial charge in [0, 0.05) is 30.9 Å². The Hall–Kier alpha value is -2.29. The van der Waals surface area contributed by atoms with Crippen molar-refractivity contribution in [3.63, 3.8) is 0 Å². The fourth-order valence-corrected chi connectivity index (χ4v) is 4.82. The van der Waals surface area contributed by atoms with Gasteiger partial charge in [-0.15, -0.1) is 0 Å². The molecule has 0 bridgehead atoms. The molecular formula is C20H23FN2O4S. The van der Waals surface area contributed by atoms with Gasteiger partial charge in [0.05, 0.1) is 4.90 Å². The van der Waals surface area contributed by atoms with E-state index in [9.17, 15) is 17.6 Å². The number of anilines is 1. The summed E-state index contributed by atoms with van der Waals surface area (Å²) in [6.45, 7) is 0.917. The van der Waals surface area contributed by atoms with Gasteiger partial charge >= 0.3 is 0 Å². The van der Waals surface area contributed by atoms with E-state index in [-0.39, 0.29) is 17.1 Å². The minimum Gasteiger partial charge on any atom is -0.396 e. The SMILES string of the molecule is O=C(Nc1ccc(F)cc1)c1cccc(S(=O)(=O)N2CCC(CCO)CC2)c1. The number of carbonyl (C=O) groups excluding carboxylic acids is 1. The highest BCUT2D eigenvalue weighted by atomic mass is 32.2. The lowest BCUT2D eigenvalue weighted by Gasteiger charge is -2.31. The highest BCUT2D eigenvalue weighted by Crippen LogP contribution is 2.26. The van der Waals surface area contributed by atoms with Crippen molar-refractivity contribution >= 4 is 21.6 Å². The lowest BCUT2D eigenvalue weighted by Crippen LogP contribution is -2.38. The van der Waals surface area contributed by atoms with Gasteiger partial charge in [-0.2, -0.15) is 4.31 Å². The van der Waals surface area contributed by atoms with Gasteiger partial charge in [-0.25, -0.2) is 12.8 Å². The van der Waals surface area contributed by atoms with Crippen molar-refractivity contribution in [3.05, 3.63) is 59.9 Å². The second-order valence-electron chi connectivity index (χ2n) is 6.85. The van der Waals surface area contributed by atoms with Crippen molar-refractivity contribution in [2.75, 3.05) is 25.0 Å². The number of benzene rings is 2.